The lowest BCUT2D eigenvalue weighted by Crippen LogP contribution is -2.40. The summed E-state index contributed by atoms with van der Waals surface area (Å²) in [5, 5.41) is 0. The van der Waals surface area contributed by atoms with Gasteiger partial charge in [-0.05, 0) is 91.9 Å². The molecule has 1 unspecified atom stereocenters. The van der Waals surface area contributed by atoms with Gasteiger partial charge in [-0.1, -0.05) is 6.58 Å². The summed E-state index contributed by atoms with van der Waals surface area (Å²) >= 11 is 5.60. The van der Waals surface area contributed by atoms with Gasteiger partial charge in [-0.25, -0.2) is 0 Å². The molecule has 23 heavy (non-hydrogen) atoms. The van der Waals surface area contributed by atoms with E-state index in [4.69, 9.17) is 9.29 Å². The second kappa shape index (κ2) is 7.90. The van der Waals surface area contributed by atoms with E-state index >= 15 is 0 Å². The Morgan fingerprint density at radius 2 is 1.87 bits per heavy atom. The third kappa shape index (κ3) is 6.14. The Balaban J connectivity index is 3.35. The molecule has 1 N–H and O–H groups in total. The van der Waals surface area contributed by atoms with Crippen molar-refractivity contribution in [3.63, 3.8) is 0 Å². The molecule has 0 saturated carbocycles. The van der Waals surface area contributed by atoms with Crippen molar-refractivity contribution in [3.8, 4) is 5.75 Å². The van der Waals surface area contributed by atoms with Gasteiger partial charge < -0.3 is 4.74 Å². The fraction of sp³-hybridized carbons (Fsp3) is 0.333. The van der Waals surface area contributed by atoms with Crippen LogP contribution in [0.15, 0.2) is 12.6 Å². The molecule has 0 aromatic heterocycles. The van der Waals surface area contributed by atoms with Gasteiger partial charge >= 0.3 is 6.18 Å². The fourth-order valence-corrected chi connectivity index (χ4v) is 4.96. The first kappa shape index (κ1) is 21.7. The van der Waals surface area contributed by atoms with Gasteiger partial charge in [0.1, 0.15) is 11.5 Å². The van der Waals surface area contributed by atoms with Crippen molar-refractivity contribution in [1.82, 2.24) is 0 Å². The molecule has 1 aromatic carbocycles. The molecule has 0 aliphatic rings. The summed E-state index contributed by atoms with van der Waals surface area (Å²) in [6.07, 6.45) is -7.61. The zero-order valence-corrected chi connectivity index (χ0v) is 18.7. The van der Waals surface area contributed by atoms with Crippen molar-refractivity contribution in [2.75, 3.05) is 5.75 Å². The maximum Gasteiger partial charge on any atom is 0.426 e. The molecule has 0 heterocycles. The zero-order chi connectivity index (χ0) is 18.2. The summed E-state index contributed by atoms with van der Waals surface area (Å²) in [4.78, 5) is 0. The molecular formula is C12H10F3I3O4S. The molecule has 0 saturated heterocycles. The van der Waals surface area contributed by atoms with Crippen molar-refractivity contribution < 1.29 is 30.9 Å². The van der Waals surface area contributed by atoms with Crippen LogP contribution in [0.3, 0.4) is 0 Å². The molecule has 0 amide bonds. The van der Waals surface area contributed by atoms with Crippen LogP contribution in [0.2, 0.25) is 0 Å². The Hall–Kier alpha value is 0.650. The van der Waals surface area contributed by atoms with Crippen molar-refractivity contribution in [3.05, 3.63) is 28.9 Å². The number of alkyl halides is 3. The van der Waals surface area contributed by atoms with Crippen molar-refractivity contribution in [1.29, 1.82) is 0 Å². The van der Waals surface area contributed by atoms with E-state index in [0.29, 0.717) is 10.7 Å². The standard InChI is InChI=1S/C12H10F3I3O4S/c1-5(2)6-3-7(16)11(10(18)9(6)17)22-8(12(13,14)15)4-23(19,20)21/h3,8H,1,4H2,2H3,(H,19,20,21). The number of benzene rings is 1. The second-order valence-electron chi connectivity index (χ2n) is 4.54. The SMILES string of the molecule is C=C(C)c1cc(I)c(OC(CS(=O)(=O)O)C(F)(F)F)c(I)c1I. The smallest absolute Gasteiger partial charge is 0.426 e. The summed E-state index contributed by atoms with van der Waals surface area (Å²) in [6, 6.07) is 1.61. The summed E-state index contributed by atoms with van der Waals surface area (Å²) in [7, 11) is -4.85. The molecule has 0 radical (unpaired) electrons. The summed E-state index contributed by atoms with van der Waals surface area (Å²) < 4.78 is 75.7. The highest BCUT2D eigenvalue weighted by Gasteiger charge is 2.45. The molecule has 1 aromatic rings. The molecule has 1 atom stereocenters. The molecule has 0 spiro atoms. The monoisotopic (exact) mass is 688 g/mol. The van der Waals surface area contributed by atoms with E-state index in [1.807, 2.05) is 45.2 Å². The number of allylic oxidation sites excluding steroid dienone is 1. The van der Waals surface area contributed by atoms with Gasteiger partial charge in [0.2, 0.25) is 6.10 Å². The molecular weight excluding hydrogens is 678 g/mol. The highest BCUT2D eigenvalue weighted by atomic mass is 127. The Morgan fingerprint density at radius 1 is 1.35 bits per heavy atom. The first-order chi connectivity index (χ1) is 10.2. The van der Waals surface area contributed by atoms with Gasteiger partial charge in [-0.15, -0.1) is 0 Å². The number of ether oxygens (including phenoxy) is 1. The van der Waals surface area contributed by atoms with Crippen molar-refractivity contribution >= 4 is 83.5 Å². The summed E-state index contributed by atoms with van der Waals surface area (Å²) in [6.45, 7) is 5.57. The summed E-state index contributed by atoms with van der Waals surface area (Å²) in [5.74, 6) is -1.65. The van der Waals surface area contributed by atoms with Crippen molar-refractivity contribution in [2.24, 2.45) is 0 Å². The second-order valence-corrected chi connectivity index (χ2v) is 9.36. The predicted molar refractivity (Wildman–Crippen MR) is 106 cm³/mol. The van der Waals surface area contributed by atoms with E-state index in [0.717, 1.165) is 11.1 Å². The molecule has 11 heteroatoms. The van der Waals surface area contributed by atoms with Gasteiger partial charge in [-0.3, -0.25) is 4.55 Å². The van der Waals surface area contributed by atoms with Gasteiger partial charge in [0.15, 0.2) is 0 Å². The Morgan fingerprint density at radius 3 is 2.26 bits per heavy atom. The number of halogens is 6. The highest BCUT2D eigenvalue weighted by Crippen LogP contribution is 2.38. The van der Waals surface area contributed by atoms with E-state index < -0.39 is 28.2 Å². The first-order valence-electron chi connectivity index (χ1n) is 5.76. The lowest BCUT2D eigenvalue weighted by Gasteiger charge is -2.23. The average molecular weight is 688 g/mol. The van der Waals surface area contributed by atoms with Crippen LogP contribution in [-0.2, 0) is 10.1 Å². The molecule has 0 aliphatic carbocycles. The first-order valence-corrected chi connectivity index (χ1v) is 10.6. The minimum absolute atomic E-state index is 0.0772. The average Bonchev–Trinajstić information content (AvgIpc) is 2.34. The van der Waals surface area contributed by atoms with E-state index in [1.54, 1.807) is 35.6 Å². The van der Waals surface area contributed by atoms with Crippen LogP contribution in [0.4, 0.5) is 13.2 Å². The number of rotatable bonds is 5. The molecule has 130 valence electrons. The van der Waals surface area contributed by atoms with Gasteiger partial charge in [0.25, 0.3) is 10.1 Å². The van der Waals surface area contributed by atoms with Crippen LogP contribution >= 0.6 is 67.8 Å². The van der Waals surface area contributed by atoms with Crippen LogP contribution in [0.1, 0.15) is 12.5 Å². The number of hydrogen-bond acceptors (Lipinski definition) is 3. The van der Waals surface area contributed by atoms with Crippen LogP contribution in [0.5, 0.6) is 5.75 Å². The van der Waals surface area contributed by atoms with E-state index in [-0.39, 0.29) is 5.75 Å². The Bertz CT molecular complexity index is 732. The molecule has 4 nitrogen and oxygen atoms in total. The number of hydrogen-bond donors (Lipinski definition) is 1. The molecule has 1 rings (SSSR count). The molecule has 0 bridgehead atoms. The highest BCUT2D eigenvalue weighted by molar-refractivity contribution is 14.1. The summed E-state index contributed by atoms with van der Waals surface area (Å²) in [5.41, 5.74) is 1.51. The van der Waals surface area contributed by atoms with Crippen molar-refractivity contribution in [2.45, 2.75) is 19.2 Å². The molecule has 0 aliphatic heterocycles. The third-order valence-corrected chi connectivity index (χ3v) is 7.27. The lowest BCUT2D eigenvalue weighted by atomic mass is 10.1. The normalized spacial score (nSPS) is 13.7. The van der Waals surface area contributed by atoms with E-state index in [1.165, 1.54) is 0 Å². The minimum Gasteiger partial charge on any atom is -0.477 e. The van der Waals surface area contributed by atoms with E-state index in [2.05, 4.69) is 6.58 Å². The molecule has 0 fully saturated rings. The third-order valence-electron chi connectivity index (χ3n) is 2.56. The van der Waals surface area contributed by atoms with Crippen LogP contribution in [0.25, 0.3) is 5.57 Å². The quantitative estimate of drug-likeness (QED) is 0.277. The maximum absolute atomic E-state index is 13.0. The van der Waals surface area contributed by atoms with Gasteiger partial charge in [0.05, 0.1) is 7.14 Å². The van der Waals surface area contributed by atoms with Crippen LogP contribution in [-0.4, -0.2) is 31.0 Å². The minimum atomic E-state index is -4.94. The zero-order valence-electron chi connectivity index (χ0n) is 11.4. The van der Waals surface area contributed by atoms with Gasteiger partial charge in [0, 0.05) is 3.57 Å². The predicted octanol–water partition coefficient (Wildman–Crippen LogP) is 4.73. The maximum atomic E-state index is 13.0. The van der Waals surface area contributed by atoms with Crippen LogP contribution < -0.4 is 4.74 Å². The Labute approximate surface area is 172 Å². The lowest BCUT2D eigenvalue weighted by molar-refractivity contribution is -0.188. The fourth-order valence-electron chi connectivity index (χ4n) is 1.53. The van der Waals surface area contributed by atoms with Gasteiger partial charge in [-0.2, -0.15) is 21.6 Å². The van der Waals surface area contributed by atoms with Crippen LogP contribution in [0, 0.1) is 10.7 Å². The largest absolute Gasteiger partial charge is 0.477 e. The topological polar surface area (TPSA) is 63.6 Å². The Kier molecular flexibility index (Phi) is 7.45. The van der Waals surface area contributed by atoms with E-state index in [9.17, 15) is 21.6 Å².